The van der Waals surface area contributed by atoms with Gasteiger partial charge in [-0.3, -0.25) is 9.59 Å². The van der Waals surface area contributed by atoms with Crippen molar-refractivity contribution in [2.45, 2.75) is 96.3 Å². The number of carboxylic acids is 1. The van der Waals surface area contributed by atoms with Crippen LogP contribution < -0.4 is 5.32 Å². The summed E-state index contributed by atoms with van der Waals surface area (Å²) in [5, 5.41) is 11.5. The SMILES string of the molecule is O=C(O)CCCCCCCCCCCNC(=O)/C=C/C1CCCCC1. The fraction of sp³-hybridized carbons (Fsp3) is 0.810. The Morgan fingerprint density at radius 3 is 2.00 bits per heavy atom. The van der Waals surface area contributed by atoms with Crippen molar-refractivity contribution in [2.75, 3.05) is 6.54 Å². The molecule has 0 spiro atoms. The molecule has 0 aliphatic heterocycles. The molecular formula is C21H37NO3. The Labute approximate surface area is 153 Å². The quantitative estimate of drug-likeness (QED) is 0.333. The minimum absolute atomic E-state index is 0.0620. The maximum Gasteiger partial charge on any atom is 0.303 e. The summed E-state index contributed by atoms with van der Waals surface area (Å²) < 4.78 is 0. The molecule has 2 N–H and O–H groups in total. The molecule has 0 aromatic heterocycles. The smallest absolute Gasteiger partial charge is 0.303 e. The van der Waals surface area contributed by atoms with E-state index in [9.17, 15) is 9.59 Å². The molecule has 144 valence electrons. The molecule has 1 amide bonds. The van der Waals surface area contributed by atoms with Crippen LogP contribution in [0.5, 0.6) is 0 Å². The molecule has 0 atom stereocenters. The molecule has 0 heterocycles. The van der Waals surface area contributed by atoms with E-state index < -0.39 is 5.97 Å². The maximum atomic E-state index is 11.8. The number of amides is 1. The second-order valence-corrected chi connectivity index (χ2v) is 7.37. The number of rotatable bonds is 14. The standard InChI is InChI=1S/C21H37NO3/c23-20(17-16-19-13-9-8-10-14-19)22-18-12-7-5-3-1-2-4-6-11-15-21(24)25/h16-17,19H,1-15,18H2,(H,22,23)(H,24,25)/b17-16+. The van der Waals surface area contributed by atoms with E-state index in [1.165, 1.54) is 64.2 Å². The van der Waals surface area contributed by atoms with Crippen LogP contribution in [0, 0.1) is 5.92 Å². The van der Waals surface area contributed by atoms with Gasteiger partial charge in [-0.15, -0.1) is 0 Å². The Kier molecular flexibility index (Phi) is 13.0. The monoisotopic (exact) mass is 351 g/mol. The summed E-state index contributed by atoms with van der Waals surface area (Å²) in [5.41, 5.74) is 0. The molecule has 1 aliphatic rings. The van der Waals surface area contributed by atoms with Crippen molar-refractivity contribution >= 4 is 11.9 Å². The average Bonchev–Trinajstić information content (AvgIpc) is 2.61. The van der Waals surface area contributed by atoms with Crippen molar-refractivity contribution in [1.82, 2.24) is 5.32 Å². The van der Waals surface area contributed by atoms with E-state index in [4.69, 9.17) is 5.11 Å². The number of carbonyl (C=O) groups excluding carboxylic acids is 1. The highest BCUT2D eigenvalue weighted by Crippen LogP contribution is 2.24. The van der Waals surface area contributed by atoms with Crippen LogP contribution in [-0.2, 0) is 9.59 Å². The molecule has 1 aliphatic carbocycles. The Hall–Kier alpha value is -1.32. The predicted molar refractivity (Wildman–Crippen MR) is 103 cm³/mol. The molecule has 0 radical (unpaired) electrons. The van der Waals surface area contributed by atoms with E-state index in [1.807, 2.05) is 0 Å². The molecule has 0 bridgehead atoms. The van der Waals surface area contributed by atoms with Gasteiger partial charge in [0.15, 0.2) is 0 Å². The van der Waals surface area contributed by atoms with Gasteiger partial charge in [0.25, 0.3) is 0 Å². The van der Waals surface area contributed by atoms with Gasteiger partial charge in [0, 0.05) is 13.0 Å². The number of nitrogens with one attached hydrogen (secondary N) is 1. The summed E-state index contributed by atoms with van der Waals surface area (Å²) in [6, 6.07) is 0. The molecule has 0 saturated heterocycles. The highest BCUT2D eigenvalue weighted by molar-refractivity contribution is 5.87. The predicted octanol–water partition coefficient (Wildman–Crippen LogP) is 5.22. The number of unbranched alkanes of at least 4 members (excludes halogenated alkanes) is 8. The van der Waals surface area contributed by atoms with Crippen molar-refractivity contribution in [3.05, 3.63) is 12.2 Å². The van der Waals surface area contributed by atoms with Gasteiger partial charge in [-0.25, -0.2) is 0 Å². The van der Waals surface area contributed by atoms with Crippen LogP contribution >= 0.6 is 0 Å². The third-order valence-corrected chi connectivity index (χ3v) is 5.04. The lowest BCUT2D eigenvalue weighted by molar-refractivity contribution is -0.137. The number of hydrogen-bond donors (Lipinski definition) is 2. The topological polar surface area (TPSA) is 66.4 Å². The van der Waals surface area contributed by atoms with Crippen LogP contribution in [0.25, 0.3) is 0 Å². The zero-order valence-corrected chi connectivity index (χ0v) is 15.8. The minimum atomic E-state index is -0.684. The molecule has 25 heavy (non-hydrogen) atoms. The maximum absolute atomic E-state index is 11.8. The lowest BCUT2D eigenvalue weighted by Gasteiger charge is -2.17. The van der Waals surface area contributed by atoms with E-state index in [0.29, 0.717) is 12.3 Å². The van der Waals surface area contributed by atoms with Crippen molar-refractivity contribution in [3.8, 4) is 0 Å². The summed E-state index contributed by atoms with van der Waals surface area (Å²) in [6.45, 7) is 0.781. The van der Waals surface area contributed by atoms with E-state index >= 15 is 0 Å². The fourth-order valence-corrected chi connectivity index (χ4v) is 3.46. The lowest BCUT2D eigenvalue weighted by Crippen LogP contribution is -2.22. The number of aliphatic carboxylic acids is 1. The summed E-state index contributed by atoms with van der Waals surface area (Å²) >= 11 is 0. The van der Waals surface area contributed by atoms with Crippen LogP contribution in [0.1, 0.15) is 96.3 Å². The average molecular weight is 352 g/mol. The molecule has 0 aromatic carbocycles. The van der Waals surface area contributed by atoms with Gasteiger partial charge in [-0.1, -0.05) is 70.3 Å². The Bertz CT molecular complexity index is 387. The van der Waals surface area contributed by atoms with Gasteiger partial charge in [0.1, 0.15) is 0 Å². The number of carboxylic acid groups (broad SMARTS) is 1. The summed E-state index contributed by atoms with van der Waals surface area (Å²) in [7, 11) is 0. The normalized spacial score (nSPS) is 15.5. The van der Waals surface area contributed by atoms with E-state index in [1.54, 1.807) is 6.08 Å². The van der Waals surface area contributed by atoms with E-state index in [2.05, 4.69) is 11.4 Å². The summed E-state index contributed by atoms with van der Waals surface area (Å²) in [6.07, 6.45) is 20.7. The Morgan fingerprint density at radius 2 is 1.40 bits per heavy atom. The second-order valence-electron chi connectivity index (χ2n) is 7.37. The van der Waals surface area contributed by atoms with Gasteiger partial charge < -0.3 is 10.4 Å². The number of hydrogen-bond acceptors (Lipinski definition) is 2. The van der Waals surface area contributed by atoms with Crippen LogP contribution in [0.3, 0.4) is 0 Å². The van der Waals surface area contributed by atoms with Crippen LogP contribution in [0.15, 0.2) is 12.2 Å². The molecule has 4 heteroatoms. The van der Waals surface area contributed by atoms with E-state index in [-0.39, 0.29) is 5.91 Å². The van der Waals surface area contributed by atoms with Crippen molar-refractivity contribution in [3.63, 3.8) is 0 Å². The molecule has 4 nitrogen and oxygen atoms in total. The minimum Gasteiger partial charge on any atom is -0.481 e. The van der Waals surface area contributed by atoms with E-state index in [0.717, 1.165) is 32.2 Å². The first-order valence-corrected chi connectivity index (χ1v) is 10.4. The third kappa shape index (κ3) is 13.6. The lowest BCUT2D eigenvalue weighted by atomic mass is 9.89. The highest BCUT2D eigenvalue weighted by atomic mass is 16.4. The first kappa shape index (κ1) is 21.7. The Balaban J connectivity index is 1.82. The zero-order chi connectivity index (χ0) is 18.2. The summed E-state index contributed by atoms with van der Waals surface area (Å²) in [4.78, 5) is 22.1. The molecular weight excluding hydrogens is 314 g/mol. The third-order valence-electron chi connectivity index (χ3n) is 5.04. The van der Waals surface area contributed by atoms with Gasteiger partial charge in [0.05, 0.1) is 0 Å². The van der Waals surface area contributed by atoms with Gasteiger partial charge in [-0.2, -0.15) is 0 Å². The number of allylic oxidation sites excluding steroid dienone is 1. The first-order chi connectivity index (χ1) is 12.2. The zero-order valence-electron chi connectivity index (χ0n) is 15.8. The Morgan fingerprint density at radius 1 is 0.840 bits per heavy atom. The van der Waals surface area contributed by atoms with Crippen molar-refractivity contribution in [1.29, 1.82) is 0 Å². The van der Waals surface area contributed by atoms with Crippen LogP contribution in [-0.4, -0.2) is 23.5 Å². The number of carbonyl (C=O) groups is 2. The fourth-order valence-electron chi connectivity index (χ4n) is 3.46. The second kappa shape index (κ2) is 15.0. The van der Waals surface area contributed by atoms with Gasteiger partial charge in [0.2, 0.25) is 5.91 Å². The van der Waals surface area contributed by atoms with Crippen molar-refractivity contribution < 1.29 is 14.7 Å². The van der Waals surface area contributed by atoms with Gasteiger partial charge in [-0.05, 0) is 37.7 Å². The molecule has 1 rings (SSSR count). The molecule has 1 saturated carbocycles. The summed E-state index contributed by atoms with van der Waals surface area (Å²) in [5.74, 6) is -0.00729. The van der Waals surface area contributed by atoms with Crippen molar-refractivity contribution in [2.24, 2.45) is 5.92 Å². The largest absolute Gasteiger partial charge is 0.481 e. The molecule has 1 fully saturated rings. The molecule has 0 aromatic rings. The van der Waals surface area contributed by atoms with Crippen LogP contribution in [0.4, 0.5) is 0 Å². The molecule has 0 unspecified atom stereocenters. The van der Waals surface area contributed by atoms with Crippen LogP contribution in [0.2, 0.25) is 0 Å². The first-order valence-electron chi connectivity index (χ1n) is 10.4. The van der Waals surface area contributed by atoms with Gasteiger partial charge >= 0.3 is 5.97 Å². The highest BCUT2D eigenvalue weighted by Gasteiger charge is 2.10.